The number of ether oxygens (including phenoxy) is 2. The average molecular weight is 276 g/mol. The van der Waals surface area contributed by atoms with Crippen LogP contribution in [0.5, 0.6) is 0 Å². The highest BCUT2D eigenvalue weighted by atomic mass is 79.9. The molecular formula is C10H14BrNO3. The molecule has 0 spiro atoms. The molecule has 0 aliphatic carbocycles. The van der Waals surface area contributed by atoms with Crippen molar-refractivity contribution in [2.45, 2.75) is 20.3 Å². The fourth-order valence-electron chi connectivity index (χ4n) is 1.23. The van der Waals surface area contributed by atoms with Crippen LogP contribution in [0.3, 0.4) is 0 Å². The van der Waals surface area contributed by atoms with E-state index in [1.807, 2.05) is 13.8 Å². The van der Waals surface area contributed by atoms with Gasteiger partial charge in [-0.25, -0.2) is 0 Å². The standard InChI is InChI=1S/C10H14BrNO3/c1-3-14-10(15-4-2)12-6-8(11)5-9(12)7-13/h5-7,10H,3-4H2,1-2H3. The van der Waals surface area contributed by atoms with Gasteiger partial charge in [-0.05, 0) is 35.8 Å². The van der Waals surface area contributed by atoms with E-state index in [2.05, 4.69) is 15.9 Å². The van der Waals surface area contributed by atoms with Gasteiger partial charge in [-0.15, -0.1) is 0 Å². The zero-order valence-electron chi connectivity index (χ0n) is 8.77. The number of hydrogen-bond acceptors (Lipinski definition) is 3. The van der Waals surface area contributed by atoms with E-state index in [0.717, 1.165) is 10.8 Å². The van der Waals surface area contributed by atoms with Crippen LogP contribution in [0.4, 0.5) is 0 Å². The molecule has 0 atom stereocenters. The summed E-state index contributed by atoms with van der Waals surface area (Å²) in [5.74, 6) is 0. The van der Waals surface area contributed by atoms with Gasteiger partial charge in [-0.3, -0.25) is 9.36 Å². The molecule has 0 radical (unpaired) electrons. The molecule has 4 nitrogen and oxygen atoms in total. The quantitative estimate of drug-likeness (QED) is 0.592. The summed E-state index contributed by atoms with van der Waals surface area (Å²) in [5, 5.41) is 0. The summed E-state index contributed by atoms with van der Waals surface area (Å²) in [5.41, 5.74) is 0.522. The minimum Gasteiger partial charge on any atom is -0.335 e. The van der Waals surface area contributed by atoms with Gasteiger partial charge in [0, 0.05) is 23.9 Å². The maximum absolute atomic E-state index is 10.8. The van der Waals surface area contributed by atoms with Crippen molar-refractivity contribution in [2.24, 2.45) is 0 Å². The largest absolute Gasteiger partial charge is 0.335 e. The number of aldehydes is 1. The molecule has 1 aromatic heterocycles. The van der Waals surface area contributed by atoms with Gasteiger partial charge in [0.15, 0.2) is 6.29 Å². The Morgan fingerprint density at radius 3 is 2.53 bits per heavy atom. The summed E-state index contributed by atoms with van der Waals surface area (Å²) in [6.07, 6.45) is 2.00. The molecule has 0 amide bonds. The second-order valence-corrected chi connectivity index (χ2v) is 3.74. The third-order valence-corrected chi connectivity index (χ3v) is 2.25. The molecule has 1 rings (SSSR count). The van der Waals surface area contributed by atoms with Crippen LogP contribution in [0.15, 0.2) is 16.7 Å². The number of halogens is 1. The van der Waals surface area contributed by atoms with Crippen molar-refractivity contribution in [2.75, 3.05) is 13.2 Å². The normalized spacial score (nSPS) is 10.9. The SMILES string of the molecule is CCOC(OCC)n1cc(Br)cc1C=O. The Kier molecular flexibility index (Phi) is 5.01. The van der Waals surface area contributed by atoms with E-state index in [1.54, 1.807) is 16.8 Å². The average Bonchev–Trinajstić information content (AvgIpc) is 2.59. The molecule has 0 saturated heterocycles. The Bertz CT molecular complexity index is 318. The predicted molar refractivity (Wildman–Crippen MR) is 59.8 cm³/mol. The molecule has 0 aliphatic rings. The van der Waals surface area contributed by atoms with E-state index in [0.29, 0.717) is 18.9 Å². The minimum absolute atomic E-state index is 0.522. The Labute approximate surface area is 97.3 Å². The predicted octanol–water partition coefficient (Wildman–Crippen LogP) is 2.59. The molecule has 15 heavy (non-hydrogen) atoms. The number of nitrogens with zero attached hydrogens (tertiary/aromatic N) is 1. The smallest absolute Gasteiger partial charge is 0.244 e. The fourth-order valence-corrected chi connectivity index (χ4v) is 1.69. The molecule has 0 aliphatic heterocycles. The first-order valence-electron chi connectivity index (χ1n) is 4.78. The second kappa shape index (κ2) is 6.05. The van der Waals surface area contributed by atoms with Crippen LogP contribution in [0.1, 0.15) is 30.7 Å². The maximum Gasteiger partial charge on any atom is 0.244 e. The van der Waals surface area contributed by atoms with Gasteiger partial charge in [0.05, 0.1) is 5.69 Å². The lowest BCUT2D eigenvalue weighted by Crippen LogP contribution is -2.17. The molecule has 0 unspecified atom stereocenters. The summed E-state index contributed by atoms with van der Waals surface area (Å²) in [6, 6.07) is 1.72. The van der Waals surface area contributed by atoms with Crippen molar-refractivity contribution in [3.05, 3.63) is 22.4 Å². The van der Waals surface area contributed by atoms with E-state index >= 15 is 0 Å². The molecular weight excluding hydrogens is 262 g/mol. The highest BCUT2D eigenvalue weighted by Crippen LogP contribution is 2.20. The van der Waals surface area contributed by atoms with E-state index in [4.69, 9.17) is 9.47 Å². The van der Waals surface area contributed by atoms with Crippen molar-refractivity contribution in [1.29, 1.82) is 0 Å². The molecule has 0 fully saturated rings. The Balaban J connectivity index is 2.92. The number of carbonyl (C=O) groups excluding carboxylic acids is 1. The lowest BCUT2D eigenvalue weighted by Gasteiger charge is -2.19. The third-order valence-electron chi connectivity index (χ3n) is 1.81. The monoisotopic (exact) mass is 275 g/mol. The summed E-state index contributed by atoms with van der Waals surface area (Å²) >= 11 is 3.30. The molecule has 0 aromatic carbocycles. The molecule has 1 aromatic rings. The zero-order chi connectivity index (χ0) is 11.3. The topological polar surface area (TPSA) is 40.5 Å². The van der Waals surface area contributed by atoms with Crippen molar-refractivity contribution in [3.8, 4) is 0 Å². The summed E-state index contributed by atoms with van der Waals surface area (Å²) in [4.78, 5) is 10.8. The van der Waals surface area contributed by atoms with Crippen molar-refractivity contribution >= 4 is 22.2 Å². The number of carbonyl (C=O) groups is 1. The molecule has 0 saturated carbocycles. The van der Waals surface area contributed by atoms with Crippen molar-refractivity contribution in [1.82, 2.24) is 4.57 Å². The van der Waals surface area contributed by atoms with Crippen LogP contribution in [0, 0.1) is 0 Å². The molecule has 84 valence electrons. The van der Waals surface area contributed by atoms with E-state index < -0.39 is 6.41 Å². The van der Waals surface area contributed by atoms with Gasteiger partial charge < -0.3 is 9.47 Å². The van der Waals surface area contributed by atoms with Crippen LogP contribution in [-0.4, -0.2) is 24.1 Å². The fraction of sp³-hybridized carbons (Fsp3) is 0.500. The summed E-state index contributed by atoms with van der Waals surface area (Å²) in [7, 11) is 0. The van der Waals surface area contributed by atoms with E-state index in [9.17, 15) is 4.79 Å². The van der Waals surface area contributed by atoms with Crippen molar-refractivity contribution < 1.29 is 14.3 Å². The van der Waals surface area contributed by atoms with Crippen LogP contribution < -0.4 is 0 Å². The molecule has 5 heteroatoms. The van der Waals surface area contributed by atoms with Crippen LogP contribution in [0.2, 0.25) is 0 Å². The number of hydrogen-bond donors (Lipinski definition) is 0. The molecule has 0 bridgehead atoms. The Morgan fingerprint density at radius 2 is 2.07 bits per heavy atom. The van der Waals surface area contributed by atoms with Crippen molar-refractivity contribution in [3.63, 3.8) is 0 Å². The lowest BCUT2D eigenvalue weighted by atomic mass is 10.5. The maximum atomic E-state index is 10.8. The van der Waals surface area contributed by atoms with Gasteiger partial charge in [-0.1, -0.05) is 0 Å². The highest BCUT2D eigenvalue weighted by Gasteiger charge is 2.14. The zero-order valence-corrected chi connectivity index (χ0v) is 10.4. The minimum atomic E-state index is -0.536. The lowest BCUT2D eigenvalue weighted by molar-refractivity contribution is -0.186. The summed E-state index contributed by atoms with van der Waals surface area (Å²) in [6.45, 7) is 4.81. The van der Waals surface area contributed by atoms with Crippen LogP contribution >= 0.6 is 15.9 Å². The highest BCUT2D eigenvalue weighted by molar-refractivity contribution is 9.10. The van der Waals surface area contributed by atoms with Crippen LogP contribution in [-0.2, 0) is 9.47 Å². The van der Waals surface area contributed by atoms with Gasteiger partial charge in [0.2, 0.25) is 6.41 Å². The Morgan fingerprint density at radius 1 is 1.47 bits per heavy atom. The first kappa shape index (κ1) is 12.4. The number of aromatic nitrogens is 1. The van der Waals surface area contributed by atoms with Gasteiger partial charge >= 0.3 is 0 Å². The second-order valence-electron chi connectivity index (χ2n) is 2.83. The number of rotatable bonds is 6. The molecule has 1 heterocycles. The first-order chi connectivity index (χ1) is 7.22. The first-order valence-corrected chi connectivity index (χ1v) is 5.58. The molecule has 0 N–H and O–H groups in total. The summed E-state index contributed by atoms with van der Waals surface area (Å²) < 4.78 is 13.3. The van der Waals surface area contributed by atoms with Crippen LogP contribution in [0.25, 0.3) is 0 Å². The van der Waals surface area contributed by atoms with E-state index in [1.165, 1.54) is 0 Å². The van der Waals surface area contributed by atoms with Gasteiger partial charge in [0.1, 0.15) is 0 Å². The van der Waals surface area contributed by atoms with Gasteiger partial charge in [0.25, 0.3) is 0 Å². The third kappa shape index (κ3) is 3.15. The Hall–Kier alpha value is -0.650. The van der Waals surface area contributed by atoms with Gasteiger partial charge in [-0.2, -0.15) is 0 Å². The van der Waals surface area contributed by atoms with E-state index in [-0.39, 0.29) is 0 Å².